The molecule has 2 aromatic carbocycles. The molecule has 0 aliphatic carbocycles. The molecule has 0 saturated carbocycles. The number of hydrogen-bond donors (Lipinski definition) is 2. The zero-order valence-electron chi connectivity index (χ0n) is 16.7. The van der Waals surface area contributed by atoms with E-state index in [2.05, 4.69) is 15.5 Å². The van der Waals surface area contributed by atoms with Crippen molar-refractivity contribution in [2.45, 2.75) is 31.8 Å². The van der Waals surface area contributed by atoms with Gasteiger partial charge in [-0.15, -0.1) is 0 Å². The van der Waals surface area contributed by atoms with Crippen LogP contribution in [-0.4, -0.2) is 38.6 Å². The van der Waals surface area contributed by atoms with E-state index in [-0.39, 0.29) is 17.9 Å². The zero-order chi connectivity index (χ0) is 20.4. The van der Waals surface area contributed by atoms with Crippen LogP contribution in [0.25, 0.3) is 0 Å². The Morgan fingerprint density at radius 1 is 1.14 bits per heavy atom. The second-order valence-corrected chi connectivity index (χ2v) is 7.30. The number of hydrogen-bond acceptors (Lipinski definition) is 5. The maximum atomic E-state index is 12.7. The van der Waals surface area contributed by atoms with Gasteiger partial charge >= 0.3 is 0 Å². The number of ether oxygens (including phenoxy) is 2. The van der Waals surface area contributed by atoms with E-state index in [4.69, 9.17) is 9.47 Å². The predicted molar refractivity (Wildman–Crippen MR) is 111 cm³/mol. The van der Waals surface area contributed by atoms with Crippen LogP contribution in [0.1, 0.15) is 35.2 Å². The first-order chi connectivity index (χ1) is 14.1. The summed E-state index contributed by atoms with van der Waals surface area (Å²) in [4.78, 5) is 27.2. The van der Waals surface area contributed by atoms with E-state index in [1.807, 2.05) is 30.3 Å². The van der Waals surface area contributed by atoms with Crippen molar-refractivity contribution in [3.05, 3.63) is 47.5 Å². The summed E-state index contributed by atoms with van der Waals surface area (Å²) in [5.41, 5.74) is 3.11. The maximum Gasteiger partial charge on any atom is 0.251 e. The Labute approximate surface area is 170 Å². The molecule has 29 heavy (non-hydrogen) atoms. The lowest BCUT2D eigenvalue weighted by atomic mass is 9.97. The molecule has 4 rings (SSSR count). The van der Waals surface area contributed by atoms with Crippen LogP contribution >= 0.6 is 0 Å². The second kappa shape index (κ2) is 8.03. The van der Waals surface area contributed by atoms with E-state index in [9.17, 15) is 9.59 Å². The Balaban J connectivity index is 1.47. The lowest BCUT2D eigenvalue weighted by molar-refractivity contribution is -0.118. The quantitative estimate of drug-likeness (QED) is 0.814. The van der Waals surface area contributed by atoms with E-state index < -0.39 is 0 Å². The molecule has 2 heterocycles. The summed E-state index contributed by atoms with van der Waals surface area (Å²) in [6.07, 6.45) is 3.02. The van der Waals surface area contributed by atoms with E-state index in [0.29, 0.717) is 29.3 Å². The number of methoxy groups -OCH3 is 2. The molecule has 2 aliphatic rings. The molecular formula is C22H25N3O4. The Kier molecular flexibility index (Phi) is 5.29. The van der Waals surface area contributed by atoms with Gasteiger partial charge in [0.15, 0.2) is 11.5 Å². The number of nitrogens with zero attached hydrogens (tertiary/aromatic N) is 1. The summed E-state index contributed by atoms with van der Waals surface area (Å²) < 4.78 is 10.5. The minimum atomic E-state index is -0.197. The van der Waals surface area contributed by atoms with Gasteiger partial charge in [-0.25, -0.2) is 0 Å². The summed E-state index contributed by atoms with van der Waals surface area (Å²) in [5, 5.41) is 5.88. The summed E-state index contributed by atoms with van der Waals surface area (Å²) >= 11 is 0. The predicted octanol–water partition coefficient (Wildman–Crippen LogP) is 2.94. The SMILES string of the molecule is COc1ccc(CNC(=O)c2ccc3c(c2)NC(=O)[C@@H]2CCCCN32)cc1OC. The molecular weight excluding hydrogens is 370 g/mol. The van der Waals surface area contributed by atoms with Crippen molar-refractivity contribution in [3.8, 4) is 11.5 Å². The number of piperidine rings is 1. The smallest absolute Gasteiger partial charge is 0.251 e. The van der Waals surface area contributed by atoms with Crippen molar-refractivity contribution >= 4 is 23.2 Å². The molecule has 0 unspecified atom stereocenters. The number of rotatable bonds is 5. The van der Waals surface area contributed by atoms with Gasteiger partial charge in [0.25, 0.3) is 5.91 Å². The fourth-order valence-corrected chi connectivity index (χ4v) is 4.01. The van der Waals surface area contributed by atoms with Gasteiger partial charge in [-0.1, -0.05) is 6.07 Å². The molecule has 7 nitrogen and oxygen atoms in total. The van der Waals surface area contributed by atoms with Crippen LogP contribution in [0.2, 0.25) is 0 Å². The topological polar surface area (TPSA) is 79.9 Å². The van der Waals surface area contributed by atoms with Crippen LogP contribution in [0, 0.1) is 0 Å². The van der Waals surface area contributed by atoms with Crippen molar-refractivity contribution in [1.82, 2.24) is 5.32 Å². The minimum Gasteiger partial charge on any atom is -0.493 e. The van der Waals surface area contributed by atoms with E-state index in [1.54, 1.807) is 20.3 Å². The first-order valence-electron chi connectivity index (χ1n) is 9.81. The van der Waals surface area contributed by atoms with Gasteiger partial charge in [0, 0.05) is 18.7 Å². The normalized spacial score (nSPS) is 17.7. The van der Waals surface area contributed by atoms with Crippen LogP contribution in [0.4, 0.5) is 11.4 Å². The van der Waals surface area contributed by atoms with Crippen molar-refractivity contribution in [2.24, 2.45) is 0 Å². The molecule has 2 aliphatic heterocycles. The maximum absolute atomic E-state index is 12.7. The summed E-state index contributed by atoms with van der Waals surface area (Å²) in [6.45, 7) is 1.23. The van der Waals surface area contributed by atoms with E-state index in [1.165, 1.54) is 0 Å². The highest BCUT2D eigenvalue weighted by molar-refractivity contribution is 6.05. The molecule has 2 aromatic rings. The number of amides is 2. The third-order valence-corrected chi connectivity index (χ3v) is 5.53. The summed E-state index contributed by atoms with van der Waals surface area (Å²) in [6, 6.07) is 10.9. The van der Waals surface area contributed by atoms with Crippen LogP contribution in [0.5, 0.6) is 11.5 Å². The fraction of sp³-hybridized carbons (Fsp3) is 0.364. The van der Waals surface area contributed by atoms with Crippen molar-refractivity contribution in [1.29, 1.82) is 0 Å². The molecule has 152 valence electrons. The first-order valence-corrected chi connectivity index (χ1v) is 9.81. The van der Waals surface area contributed by atoms with Gasteiger partial charge in [0.1, 0.15) is 6.04 Å². The van der Waals surface area contributed by atoms with Gasteiger partial charge < -0.3 is 25.0 Å². The van der Waals surface area contributed by atoms with Crippen molar-refractivity contribution in [3.63, 3.8) is 0 Å². The Hall–Kier alpha value is -3.22. The second-order valence-electron chi connectivity index (χ2n) is 7.30. The number of carbonyl (C=O) groups excluding carboxylic acids is 2. The first kappa shape index (κ1) is 19.1. The third kappa shape index (κ3) is 3.72. The van der Waals surface area contributed by atoms with E-state index in [0.717, 1.165) is 37.1 Å². The minimum absolute atomic E-state index is 0.0140. The standard InChI is InChI=1S/C22H25N3O4/c1-28-19-9-6-14(11-20(19)29-2)13-23-21(26)15-7-8-17-16(12-15)24-22(27)18-5-3-4-10-25(17)18/h6-9,11-12,18H,3-5,10,13H2,1-2H3,(H,23,26)(H,24,27)/t18-/m0/s1. The zero-order valence-corrected chi connectivity index (χ0v) is 16.7. The number of benzene rings is 2. The van der Waals surface area contributed by atoms with Gasteiger partial charge in [-0.3, -0.25) is 9.59 Å². The molecule has 2 N–H and O–H groups in total. The lowest BCUT2D eigenvalue weighted by Gasteiger charge is -2.41. The molecule has 1 atom stereocenters. The van der Waals surface area contributed by atoms with Gasteiger partial charge in [-0.2, -0.15) is 0 Å². The molecule has 2 amide bonds. The molecule has 0 bridgehead atoms. The molecule has 1 saturated heterocycles. The van der Waals surface area contributed by atoms with Gasteiger partial charge in [0.05, 0.1) is 25.6 Å². The van der Waals surface area contributed by atoms with Gasteiger partial charge in [0.2, 0.25) is 5.91 Å². The summed E-state index contributed by atoms with van der Waals surface area (Å²) in [7, 11) is 3.16. The third-order valence-electron chi connectivity index (χ3n) is 5.53. The number of fused-ring (bicyclic) bond motifs is 3. The largest absolute Gasteiger partial charge is 0.493 e. The highest BCUT2D eigenvalue weighted by Gasteiger charge is 2.34. The van der Waals surface area contributed by atoms with Gasteiger partial charge in [-0.05, 0) is 55.2 Å². The lowest BCUT2D eigenvalue weighted by Crippen LogP contribution is -2.50. The van der Waals surface area contributed by atoms with Crippen molar-refractivity contribution in [2.75, 3.05) is 31.0 Å². The summed E-state index contributed by atoms with van der Waals surface area (Å²) in [5.74, 6) is 1.08. The molecule has 0 aromatic heterocycles. The number of carbonyl (C=O) groups is 2. The number of nitrogens with one attached hydrogen (secondary N) is 2. The van der Waals surface area contributed by atoms with Crippen LogP contribution in [0.3, 0.4) is 0 Å². The molecule has 1 fully saturated rings. The highest BCUT2D eigenvalue weighted by Crippen LogP contribution is 2.36. The molecule has 0 radical (unpaired) electrons. The molecule has 7 heteroatoms. The Morgan fingerprint density at radius 2 is 1.97 bits per heavy atom. The monoisotopic (exact) mass is 395 g/mol. The van der Waals surface area contributed by atoms with Crippen LogP contribution < -0.4 is 25.0 Å². The van der Waals surface area contributed by atoms with E-state index >= 15 is 0 Å². The molecule has 0 spiro atoms. The number of anilines is 2. The average Bonchev–Trinajstić information content (AvgIpc) is 2.77. The Morgan fingerprint density at radius 3 is 2.76 bits per heavy atom. The van der Waals surface area contributed by atoms with Crippen molar-refractivity contribution < 1.29 is 19.1 Å². The fourth-order valence-electron chi connectivity index (χ4n) is 4.01. The highest BCUT2D eigenvalue weighted by atomic mass is 16.5. The van der Waals surface area contributed by atoms with Crippen LogP contribution in [0.15, 0.2) is 36.4 Å². The Bertz CT molecular complexity index is 944. The average molecular weight is 395 g/mol. The van der Waals surface area contributed by atoms with Crippen LogP contribution in [-0.2, 0) is 11.3 Å².